The van der Waals surface area contributed by atoms with Gasteiger partial charge < -0.3 is 14.5 Å². The van der Waals surface area contributed by atoms with Gasteiger partial charge in [-0.05, 0) is 30.6 Å². The van der Waals surface area contributed by atoms with Crippen LogP contribution in [0, 0.1) is 0 Å². The summed E-state index contributed by atoms with van der Waals surface area (Å²) in [5.74, 6) is 0.864. The van der Waals surface area contributed by atoms with Gasteiger partial charge in [-0.3, -0.25) is 4.79 Å². The summed E-state index contributed by atoms with van der Waals surface area (Å²) in [5.41, 5.74) is 0.827. The molecule has 0 aliphatic carbocycles. The highest BCUT2D eigenvalue weighted by Gasteiger charge is 2.21. The van der Waals surface area contributed by atoms with E-state index >= 15 is 0 Å². The van der Waals surface area contributed by atoms with Crippen LogP contribution in [0.5, 0.6) is 0 Å². The van der Waals surface area contributed by atoms with E-state index in [1.54, 1.807) is 11.8 Å². The van der Waals surface area contributed by atoms with E-state index < -0.39 is 12.0 Å². The molecule has 0 saturated heterocycles. The summed E-state index contributed by atoms with van der Waals surface area (Å²) < 4.78 is 10.3. The van der Waals surface area contributed by atoms with Gasteiger partial charge in [-0.15, -0.1) is 10.2 Å². The zero-order valence-corrected chi connectivity index (χ0v) is 15.0. The minimum Gasteiger partial charge on any atom is -0.467 e. The van der Waals surface area contributed by atoms with Crippen LogP contribution in [-0.2, 0) is 20.7 Å². The third-order valence-corrected chi connectivity index (χ3v) is 4.13. The fraction of sp³-hybridized carbons (Fsp3) is 0.412. The molecule has 0 aliphatic heterocycles. The zero-order valence-electron chi connectivity index (χ0n) is 14.2. The smallest absolute Gasteiger partial charge is 0.328 e. The highest BCUT2D eigenvalue weighted by atomic mass is 32.2. The molecule has 134 valence electrons. The van der Waals surface area contributed by atoms with Crippen molar-refractivity contribution in [1.29, 1.82) is 0 Å². The third-order valence-electron chi connectivity index (χ3n) is 3.49. The SMILES string of the molecule is COC(=O)[C@@H](CCSC)NC(=O)CCc1nnc(-c2ccccc2)o1. The van der Waals surface area contributed by atoms with E-state index in [4.69, 9.17) is 9.15 Å². The quantitative estimate of drug-likeness (QED) is 0.682. The molecule has 1 aromatic heterocycles. The lowest BCUT2D eigenvalue weighted by molar-refractivity contribution is -0.145. The molecule has 1 N–H and O–H groups in total. The molecule has 1 heterocycles. The van der Waals surface area contributed by atoms with Gasteiger partial charge in [0.1, 0.15) is 6.04 Å². The molecule has 0 saturated carbocycles. The molecule has 7 nitrogen and oxygen atoms in total. The highest BCUT2D eigenvalue weighted by Crippen LogP contribution is 2.17. The number of aryl methyl sites for hydroxylation is 1. The van der Waals surface area contributed by atoms with Crippen molar-refractivity contribution in [3.8, 4) is 11.5 Å². The molecule has 8 heteroatoms. The molecule has 0 unspecified atom stereocenters. The fourth-order valence-electron chi connectivity index (χ4n) is 2.17. The number of aromatic nitrogens is 2. The number of amides is 1. The van der Waals surface area contributed by atoms with Crippen molar-refractivity contribution in [1.82, 2.24) is 15.5 Å². The van der Waals surface area contributed by atoms with Gasteiger partial charge in [0.25, 0.3) is 0 Å². The molecule has 1 atom stereocenters. The van der Waals surface area contributed by atoms with Crippen LogP contribution in [0.1, 0.15) is 18.7 Å². The molecule has 0 aliphatic rings. The summed E-state index contributed by atoms with van der Waals surface area (Å²) in [4.78, 5) is 23.8. The Morgan fingerprint density at radius 1 is 1.28 bits per heavy atom. The second-order valence-corrected chi connectivity index (χ2v) is 6.28. The summed E-state index contributed by atoms with van der Waals surface area (Å²) in [7, 11) is 1.31. The largest absolute Gasteiger partial charge is 0.467 e. The first kappa shape index (κ1) is 19.0. The topological polar surface area (TPSA) is 94.3 Å². The third kappa shape index (κ3) is 5.90. The Balaban J connectivity index is 1.87. The molecular weight excluding hydrogens is 342 g/mol. The fourth-order valence-corrected chi connectivity index (χ4v) is 2.64. The van der Waals surface area contributed by atoms with Crippen molar-refractivity contribution in [3.05, 3.63) is 36.2 Å². The Morgan fingerprint density at radius 3 is 2.72 bits per heavy atom. The number of benzene rings is 1. The molecule has 0 bridgehead atoms. The van der Waals surface area contributed by atoms with Gasteiger partial charge in [0.05, 0.1) is 7.11 Å². The lowest BCUT2D eigenvalue weighted by Crippen LogP contribution is -2.42. The van der Waals surface area contributed by atoms with E-state index in [2.05, 4.69) is 15.5 Å². The van der Waals surface area contributed by atoms with Crippen LogP contribution >= 0.6 is 11.8 Å². The van der Waals surface area contributed by atoms with Crippen LogP contribution in [0.3, 0.4) is 0 Å². The second-order valence-electron chi connectivity index (χ2n) is 5.29. The van der Waals surface area contributed by atoms with Gasteiger partial charge in [0, 0.05) is 18.4 Å². The number of nitrogens with zero attached hydrogens (tertiary/aromatic N) is 2. The summed E-state index contributed by atoms with van der Waals surface area (Å²) in [6, 6.07) is 8.78. The Bertz CT molecular complexity index is 690. The monoisotopic (exact) mass is 363 g/mol. The minimum atomic E-state index is -0.632. The maximum Gasteiger partial charge on any atom is 0.328 e. The zero-order chi connectivity index (χ0) is 18.1. The number of thioether (sulfide) groups is 1. The van der Waals surface area contributed by atoms with Crippen LogP contribution < -0.4 is 5.32 Å². The van der Waals surface area contributed by atoms with Gasteiger partial charge in [-0.2, -0.15) is 11.8 Å². The molecule has 2 rings (SSSR count). The maximum absolute atomic E-state index is 12.1. The first-order chi connectivity index (χ1) is 12.1. The van der Waals surface area contributed by atoms with Crippen molar-refractivity contribution in [2.75, 3.05) is 19.1 Å². The summed E-state index contributed by atoms with van der Waals surface area (Å²) in [5, 5.41) is 10.6. The Labute approximate surface area is 150 Å². The van der Waals surface area contributed by atoms with E-state index in [1.165, 1.54) is 7.11 Å². The van der Waals surface area contributed by atoms with Crippen molar-refractivity contribution >= 4 is 23.6 Å². The normalized spacial score (nSPS) is 11.8. The van der Waals surface area contributed by atoms with Crippen LogP contribution in [0.25, 0.3) is 11.5 Å². The van der Waals surface area contributed by atoms with E-state index in [0.717, 1.165) is 11.3 Å². The second kappa shape index (κ2) is 9.83. The van der Waals surface area contributed by atoms with Gasteiger partial charge in [-0.25, -0.2) is 4.79 Å². The predicted octanol–water partition coefficient (Wildman–Crippen LogP) is 2.08. The number of hydrogen-bond donors (Lipinski definition) is 1. The molecule has 1 aromatic carbocycles. The molecule has 2 aromatic rings. The summed E-state index contributed by atoms with van der Waals surface area (Å²) in [6.45, 7) is 0. The summed E-state index contributed by atoms with van der Waals surface area (Å²) >= 11 is 1.60. The van der Waals surface area contributed by atoms with Crippen LogP contribution in [-0.4, -0.2) is 47.2 Å². The van der Waals surface area contributed by atoms with Crippen molar-refractivity contribution in [3.63, 3.8) is 0 Å². The minimum absolute atomic E-state index is 0.156. The number of carbonyl (C=O) groups is 2. The lowest BCUT2D eigenvalue weighted by Gasteiger charge is -2.15. The number of esters is 1. The first-order valence-electron chi connectivity index (χ1n) is 7.88. The van der Waals surface area contributed by atoms with Crippen molar-refractivity contribution in [2.24, 2.45) is 0 Å². The maximum atomic E-state index is 12.1. The first-order valence-corrected chi connectivity index (χ1v) is 9.27. The van der Waals surface area contributed by atoms with Gasteiger partial charge >= 0.3 is 5.97 Å². The standard InChI is InChI=1S/C17H21N3O4S/c1-23-17(22)13(10-11-25-2)18-14(21)8-9-15-19-20-16(24-15)12-6-4-3-5-7-12/h3-7,13H,8-11H2,1-2H3,(H,18,21)/t13-/m1/s1. The van der Waals surface area contributed by atoms with Crippen LogP contribution in [0.15, 0.2) is 34.7 Å². The van der Waals surface area contributed by atoms with Crippen molar-refractivity contribution < 1.29 is 18.7 Å². The Hall–Kier alpha value is -2.35. The summed E-state index contributed by atoms with van der Waals surface area (Å²) in [6.07, 6.45) is 2.93. The van der Waals surface area contributed by atoms with E-state index in [9.17, 15) is 9.59 Å². The van der Waals surface area contributed by atoms with Crippen molar-refractivity contribution in [2.45, 2.75) is 25.3 Å². The number of carbonyl (C=O) groups excluding carboxylic acids is 2. The molecule has 1 amide bonds. The number of hydrogen-bond acceptors (Lipinski definition) is 7. The molecule has 25 heavy (non-hydrogen) atoms. The molecule has 0 radical (unpaired) electrons. The van der Waals surface area contributed by atoms with Gasteiger partial charge in [0.15, 0.2) is 0 Å². The number of rotatable bonds is 9. The van der Waals surface area contributed by atoms with Gasteiger partial charge in [-0.1, -0.05) is 18.2 Å². The molecule has 0 spiro atoms. The van der Waals surface area contributed by atoms with E-state index in [-0.39, 0.29) is 12.3 Å². The Kier molecular flexibility index (Phi) is 7.46. The molecular formula is C17H21N3O4S. The number of methoxy groups -OCH3 is 1. The number of nitrogens with one attached hydrogen (secondary N) is 1. The van der Waals surface area contributed by atoms with Gasteiger partial charge in [0.2, 0.25) is 17.7 Å². The molecule has 0 fully saturated rings. The van der Waals surface area contributed by atoms with Crippen LogP contribution in [0.4, 0.5) is 0 Å². The number of ether oxygens (including phenoxy) is 1. The van der Waals surface area contributed by atoms with E-state index in [1.807, 2.05) is 36.6 Å². The van der Waals surface area contributed by atoms with Crippen LogP contribution in [0.2, 0.25) is 0 Å². The predicted molar refractivity (Wildman–Crippen MR) is 95.0 cm³/mol. The average Bonchev–Trinajstić information content (AvgIpc) is 3.12. The lowest BCUT2D eigenvalue weighted by atomic mass is 10.2. The van der Waals surface area contributed by atoms with E-state index in [0.29, 0.717) is 24.6 Å². The average molecular weight is 363 g/mol. The Morgan fingerprint density at radius 2 is 2.04 bits per heavy atom. The highest BCUT2D eigenvalue weighted by molar-refractivity contribution is 7.98.